The molecule has 2 aromatic rings. The van der Waals surface area contributed by atoms with Crippen LogP contribution in [-0.4, -0.2) is 23.6 Å². The van der Waals surface area contributed by atoms with E-state index in [2.05, 4.69) is 26.1 Å². The van der Waals surface area contributed by atoms with Crippen LogP contribution in [0, 0.1) is 0 Å². The lowest BCUT2D eigenvalue weighted by Gasteiger charge is -2.22. The summed E-state index contributed by atoms with van der Waals surface area (Å²) in [6.07, 6.45) is 0. The monoisotopic (exact) mass is 341 g/mol. The largest absolute Gasteiger partial charge is 0.483 e. The van der Waals surface area contributed by atoms with E-state index in [0.717, 1.165) is 5.56 Å². The second kappa shape index (κ2) is 7.83. The molecule has 2 N–H and O–H groups in total. The van der Waals surface area contributed by atoms with Crippen molar-refractivity contribution < 1.29 is 19.4 Å². The number of carbonyl (C=O) groups excluding carboxylic acids is 1. The molecule has 5 nitrogen and oxygen atoms in total. The highest BCUT2D eigenvalue weighted by molar-refractivity contribution is 5.85. The molecule has 132 valence electrons. The molecule has 0 heterocycles. The van der Waals surface area contributed by atoms with Gasteiger partial charge in [-0.25, -0.2) is 4.79 Å². The van der Waals surface area contributed by atoms with Gasteiger partial charge >= 0.3 is 5.97 Å². The van der Waals surface area contributed by atoms with E-state index in [-0.39, 0.29) is 12.0 Å². The van der Waals surface area contributed by atoms with Crippen molar-refractivity contribution in [3.63, 3.8) is 0 Å². The topological polar surface area (TPSA) is 75.6 Å². The maximum Gasteiger partial charge on any atom is 0.330 e. The van der Waals surface area contributed by atoms with Crippen LogP contribution in [0.2, 0.25) is 0 Å². The first-order valence-corrected chi connectivity index (χ1v) is 8.08. The number of para-hydroxylation sites is 1. The molecule has 0 saturated carbocycles. The van der Waals surface area contributed by atoms with Crippen LogP contribution in [0.4, 0.5) is 0 Å². The van der Waals surface area contributed by atoms with E-state index in [0.29, 0.717) is 11.3 Å². The third kappa shape index (κ3) is 5.08. The van der Waals surface area contributed by atoms with Gasteiger partial charge in [-0.2, -0.15) is 0 Å². The molecule has 25 heavy (non-hydrogen) atoms. The standard InChI is InChI=1S/C20H23NO4/c1-20(2,3)15-11-7-8-12-16(15)25-13-17(22)21-18(19(23)24)14-9-5-4-6-10-14/h4-12,18H,13H2,1-3H3,(H,21,22)(H,23,24)/t18-/m1/s1. The minimum Gasteiger partial charge on any atom is -0.483 e. The molecular weight excluding hydrogens is 318 g/mol. The van der Waals surface area contributed by atoms with Crippen LogP contribution >= 0.6 is 0 Å². The van der Waals surface area contributed by atoms with E-state index in [1.54, 1.807) is 36.4 Å². The van der Waals surface area contributed by atoms with Crippen LogP contribution < -0.4 is 10.1 Å². The Labute approximate surface area is 147 Å². The number of hydrogen-bond donors (Lipinski definition) is 2. The van der Waals surface area contributed by atoms with Gasteiger partial charge in [0.05, 0.1) is 0 Å². The second-order valence-electron chi connectivity index (χ2n) is 6.78. The fourth-order valence-corrected chi connectivity index (χ4v) is 2.49. The summed E-state index contributed by atoms with van der Waals surface area (Å²) in [6.45, 7) is 5.94. The van der Waals surface area contributed by atoms with Crippen molar-refractivity contribution >= 4 is 11.9 Å². The van der Waals surface area contributed by atoms with Gasteiger partial charge in [-0.1, -0.05) is 69.3 Å². The molecule has 0 aliphatic heterocycles. The normalized spacial score (nSPS) is 12.3. The van der Waals surface area contributed by atoms with Crippen LogP contribution in [0.1, 0.15) is 37.9 Å². The zero-order chi connectivity index (χ0) is 18.4. The van der Waals surface area contributed by atoms with Crippen molar-refractivity contribution in [2.75, 3.05) is 6.61 Å². The third-order valence-electron chi connectivity index (χ3n) is 3.74. The zero-order valence-corrected chi connectivity index (χ0v) is 14.7. The molecule has 5 heteroatoms. The highest BCUT2D eigenvalue weighted by atomic mass is 16.5. The average molecular weight is 341 g/mol. The lowest BCUT2D eigenvalue weighted by molar-refractivity contribution is -0.142. The van der Waals surface area contributed by atoms with Crippen LogP contribution in [-0.2, 0) is 15.0 Å². The quantitative estimate of drug-likeness (QED) is 0.845. The number of carbonyl (C=O) groups is 2. The molecule has 0 fully saturated rings. The van der Waals surface area contributed by atoms with E-state index >= 15 is 0 Å². The summed E-state index contributed by atoms with van der Waals surface area (Å²) in [5.41, 5.74) is 1.37. The predicted molar refractivity (Wildman–Crippen MR) is 95.6 cm³/mol. The Hall–Kier alpha value is -2.82. The molecule has 0 aliphatic rings. The molecule has 0 aromatic heterocycles. The van der Waals surface area contributed by atoms with E-state index in [4.69, 9.17) is 4.74 Å². The molecule has 0 aliphatic carbocycles. The summed E-state index contributed by atoms with van der Waals surface area (Å²) in [4.78, 5) is 23.6. The number of nitrogens with one attached hydrogen (secondary N) is 1. The zero-order valence-electron chi connectivity index (χ0n) is 14.7. The Bertz CT molecular complexity index is 735. The number of amides is 1. The number of ether oxygens (including phenoxy) is 1. The Balaban J connectivity index is 2.05. The van der Waals surface area contributed by atoms with Crippen molar-refractivity contribution in [1.29, 1.82) is 0 Å². The summed E-state index contributed by atoms with van der Waals surface area (Å²) < 4.78 is 5.64. The van der Waals surface area contributed by atoms with Gasteiger partial charge in [0.1, 0.15) is 5.75 Å². The molecule has 0 radical (unpaired) electrons. The van der Waals surface area contributed by atoms with Crippen LogP contribution in [0.5, 0.6) is 5.75 Å². The van der Waals surface area contributed by atoms with Gasteiger partial charge in [-0.3, -0.25) is 4.79 Å². The molecule has 0 unspecified atom stereocenters. The van der Waals surface area contributed by atoms with Crippen molar-refractivity contribution in [2.24, 2.45) is 0 Å². The number of benzene rings is 2. The van der Waals surface area contributed by atoms with Gasteiger partial charge < -0.3 is 15.2 Å². The van der Waals surface area contributed by atoms with Crippen LogP contribution in [0.15, 0.2) is 54.6 Å². The average Bonchev–Trinajstić information content (AvgIpc) is 2.58. The van der Waals surface area contributed by atoms with Gasteiger partial charge in [-0.05, 0) is 22.6 Å². The molecule has 0 saturated heterocycles. The Morgan fingerprint density at radius 2 is 1.64 bits per heavy atom. The van der Waals surface area contributed by atoms with Gasteiger partial charge in [0, 0.05) is 0 Å². The van der Waals surface area contributed by atoms with Crippen molar-refractivity contribution in [3.8, 4) is 5.75 Å². The molecule has 0 spiro atoms. The highest BCUT2D eigenvalue weighted by Crippen LogP contribution is 2.30. The van der Waals surface area contributed by atoms with Gasteiger partial charge in [0.15, 0.2) is 12.6 Å². The van der Waals surface area contributed by atoms with E-state index in [1.807, 2.05) is 18.2 Å². The van der Waals surface area contributed by atoms with Crippen LogP contribution in [0.25, 0.3) is 0 Å². The van der Waals surface area contributed by atoms with Crippen LogP contribution in [0.3, 0.4) is 0 Å². The second-order valence-corrected chi connectivity index (χ2v) is 6.78. The summed E-state index contributed by atoms with van der Waals surface area (Å²) in [7, 11) is 0. The number of rotatable bonds is 6. The van der Waals surface area contributed by atoms with Crippen molar-refractivity contribution in [1.82, 2.24) is 5.32 Å². The van der Waals surface area contributed by atoms with E-state index in [1.165, 1.54) is 0 Å². The number of aliphatic carboxylic acids is 1. The third-order valence-corrected chi connectivity index (χ3v) is 3.74. The molecule has 1 amide bonds. The van der Waals surface area contributed by atoms with Crippen molar-refractivity contribution in [2.45, 2.75) is 32.2 Å². The highest BCUT2D eigenvalue weighted by Gasteiger charge is 2.23. The minimum atomic E-state index is -1.12. The van der Waals surface area contributed by atoms with Gasteiger partial charge in [0.25, 0.3) is 5.91 Å². The first kappa shape index (κ1) is 18.5. The summed E-state index contributed by atoms with van der Waals surface area (Å²) in [5.74, 6) is -0.980. The first-order valence-electron chi connectivity index (χ1n) is 8.08. The predicted octanol–water partition coefficient (Wildman–Crippen LogP) is 3.31. The smallest absolute Gasteiger partial charge is 0.330 e. The molecule has 2 aromatic carbocycles. The van der Waals surface area contributed by atoms with Gasteiger partial charge in [0.2, 0.25) is 0 Å². The number of hydrogen-bond acceptors (Lipinski definition) is 3. The maximum absolute atomic E-state index is 12.2. The number of carboxylic acids is 1. The van der Waals surface area contributed by atoms with E-state index < -0.39 is 17.9 Å². The lowest BCUT2D eigenvalue weighted by atomic mass is 9.86. The Morgan fingerprint density at radius 1 is 1.04 bits per heavy atom. The SMILES string of the molecule is CC(C)(C)c1ccccc1OCC(=O)N[C@@H](C(=O)O)c1ccccc1. The fourth-order valence-electron chi connectivity index (χ4n) is 2.49. The number of carboxylic acid groups (broad SMARTS) is 1. The Kier molecular flexibility index (Phi) is 5.80. The van der Waals surface area contributed by atoms with Crippen molar-refractivity contribution in [3.05, 3.63) is 65.7 Å². The Morgan fingerprint density at radius 3 is 2.24 bits per heavy atom. The van der Waals surface area contributed by atoms with Gasteiger partial charge in [-0.15, -0.1) is 0 Å². The fraction of sp³-hybridized carbons (Fsp3) is 0.300. The molecule has 0 bridgehead atoms. The minimum absolute atomic E-state index is 0.124. The molecule has 2 rings (SSSR count). The molecular formula is C20H23NO4. The maximum atomic E-state index is 12.2. The lowest BCUT2D eigenvalue weighted by Crippen LogP contribution is -2.36. The summed E-state index contributed by atoms with van der Waals surface area (Å²) in [6, 6.07) is 15.0. The first-order chi connectivity index (χ1) is 11.8. The summed E-state index contributed by atoms with van der Waals surface area (Å²) >= 11 is 0. The summed E-state index contributed by atoms with van der Waals surface area (Å²) in [5, 5.41) is 11.9. The van der Waals surface area contributed by atoms with E-state index in [9.17, 15) is 14.7 Å². The molecule has 1 atom stereocenters.